The summed E-state index contributed by atoms with van der Waals surface area (Å²) in [4.78, 5) is 17.9. The molecular weight excluding hydrogens is 474 g/mol. The van der Waals surface area contributed by atoms with Gasteiger partial charge in [-0.15, -0.1) is 5.10 Å². The maximum absolute atomic E-state index is 12.9. The van der Waals surface area contributed by atoms with Crippen LogP contribution in [0.15, 0.2) is 77.6 Å². The van der Waals surface area contributed by atoms with Crippen LogP contribution in [0.25, 0.3) is 23.2 Å². The molecule has 0 saturated heterocycles. The molecule has 0 bridgehead atoms. The molecule has 2 heterocycles. The second-order valence-electron chi connectivity index (χ2n) is 7.87. The fraction of sp³-hybridized carbons (Fsp3) is 0.107. The van der Waals surface area contributed by atoms with Gasteiger partial charge in [-0.05, 0) is 53.1 Å². The van der Waals surface area contributed by atoms with Crippen LogP contribution in [0.1, 0.15) is 22.5 Å². The Morgan fingerprint density at radius 2 is 1.64 bits per heavy atom. The molecule has 0 aliphatic carbocycles. The number of methoxy groups -OCH3 is 2. The van der Waals surface area contributed by atoms with Crippen LogP contribution in [0.4, 0.5) is 0 Å². The number of nitrogens with zero attached hydrogens (tertiary/aromatic N) is 3. The number of ether oxygens (including phenoxy) is 3. The Kier molecular flexibility index (Phi) is 6.77. The van der Waals surface area contributed by atoms with Crippen molar-refractivity contribution in [1.82, 2.24) is 14.6 Å². The lowest BCUT2D eigenvalue weighted by Gasteiger charge is -2.07. The van der Waals surface area contributed by atoms with Gasteiger partial charge in [0.25, 0.3) is 5.56 Å². The van der Waals surface area contributed by atoms with Crippen LogP contribution < -0.4 is 24.3 Å². The normalized spacial score (nSPS) is 11.9. The molecule has 0 atom stereocenters. The monoisotopic (exact) mass is 497 g/mol. The van der Waals surface area contributed by atoms with Gasteiger partial charge in [0.05, 0.1) is 18.8 Å². The summed E-state index contributed by atoms with van der Waals surface area (Å²) in [6.45, 7) is 0.505. The van der Waals surface area contributed by atoms with E-state index in [2.05, 4.69) is 10.1 Å². The molecule has 0 saturated carbocycles. The van der Waals surface area contributed by atoms with Gasteiger partial charge in [-0.2, -0.15) is 9.50 Å². The van der Waals surface area contributed by atoms with Gasteiger partial charge >= 0.3 is 0 Å². The van der Waals surface area contributed by atoms with Crippen LogP contribution in [0.2, 0.25) is 0 Å². The first-order valence-electron chi connectivity index (χ1n) is 11.2. The number of aromatic nitrogens is 3. The average molecular weight is 498 g/mol. The highest BCUT2D eigenvalue weighted by Crippen LogP contribution is 2.28. The number of hydrogen-bond acceptors (Lipinski definition) is 7. The highest BCUT2D eigenvalue weighted by Gasteiger charge is 2.09. The lowest BCUT2D eigenvalue weighted by Crippen LogP contribution is -2.23. The van der Waals surface area contributed by atoms with Crippen LogP contribution in [0.5, 0.6) is 17.2 Å². The molecule has 36 heavy (non-hydrogen) atoms. The molecule has 0 N–H and O–H groups in total. The lowest BCUT2D eigenvalue weighted by atomic mass is 10.2. The van der Waals surface area contributed by atoms with E-state index in [0.29, 0.717) is 33.4 Å². The maximum atomic E-state index is 12.9. The van der Waals surface area contributed by atoms with Crippen molar-refractivity contribution in [3.63, 3.8) is 0 Å². The molecule has 0 fully saturated rings. The largest absolute Gasteiger partial charge is 0.493 e. The first kappa shape index (κ1) is 23.3. The van der Waals surface area contributed by atoms with E-state index in [0.717, 1.165) is 22.4 Å². The number of thiazole rings is 1. The van der Waals surface area contributed by atoms with Crippen molar-refractivity contribution < 1.29 is 14.2 Å². The first-order chi connectivity index (χ1) is 17.6. The molecule has 0 aliphatic rings. The Hall–Kier alpha value is -4.43. The van der Waals surface area contributed by atoms with Crippen molar-refractivity contribution in [1.29, 1.82) is 0 Å². The predicted molar refractivity (Wildman–Crippen MR) is 142 cm³/mol. The van der Waals surface area contributed by atoms with Gasteiger partial charge in [0.15, 0.2) is 17.3 Å². The summed E-state index contributed by atoms with van der Waals surface area (Å²) in [6, 6.07) is 23.2. The van der Waals surface area contributed by atoms with E-state index in [1.165, 1.54) is 15.9 Å². The Labute approximate surface area is 211 Å². The van der Waals surface area contributed by atoms with E-state index in [1.807, 2.05) is 84.9 Å². The quantitative estimate of drug-likeness (QED) is 0.315. The molecule has 0 amide bonds. The standard InChI is InChI=1S/C28H23N3O4S/c1-33-23-14-10-19(16-24(23)34-2)11-15-26-29-28-31(30-26)27(32)25(36-28)17-20-8-12-22(13-9-20)35-18-21-6-4-3-5-7-21/h3-17H,18H2,1-2H3. The maximum Gasteiger partial charge on any atom is 0.291 e. The Morgan fingerprint density at radius 3 is 2.36 bits per heavy atom. The highest BCUT2D eigenvalue weighted by atomic mass is 32.1. The molecule has 0 radical (unpaired) electrons. The molecule has 0 unspecified atom stereocenters. The van der Waals surface area contributed by atoms with Gasteiger partial charge < -0.3 is 14.2 Å². The molecule has 7 nitrogen and oxygen atoms in total. The zero-order valence-corrected chi connectivity index (χ0v) is 20.6. The van der Waals surface area contributed by atoms with Crippen molar-refractivity contribution in [2.75, 3.05) is 14.2 Å². The topological polar surface area (TPSA) is 75.0 Å². The molecule has 8 heteroatoms. The van der Waals surface area contributed by atoms with Crippen LogP contribution in [0.3, 0.4) is 0 Å². The summed E-state index contributed by atoms with van der Waals surface area (Å²) in [5.41, 5.74) is 2.71. The highest BCUT2D eigenvalue weighted by molar-refractivity contribution is 7.15. The fourth-order valence-corrected chi connectivity index (χ4v) is 4.51. The molecular formula is C28H23N3O4S. The molecule has 2 aromatic heterocycles. The third-order valence-electron chi connectivity index (χ3n) is 5.46. The van der Waals surface area contributed by atoms with E-state index < -0.39 is 0 Å². The SMILES string of the molecule is COc1ccc(C=Cc2nc3sc(=Cc4ccc(OCc5ccccc5)cc4)c(=O)n3n2)cc1OC. The van der Waals surface area contributed by atoms with Crippen LogP contribution in [-0.2, 0) is 6.61 Å². The number of hydrogen-bond donors (Lipinski definition) is 0. The lowest BCUT2D eigenvalue weighted by molar-refractivity contribution is 0.306. The minimum absolute atomic E-state index is 0.197. The van der Waals surface area contributed by atoms with E-state index in [1.54, 1.807) is 20.3 Å². The van der Waals surface area contributed by atoms with Crippen LogP contribution >= 0.6 is 11.3 Å². The average Bonchev–Trinajstić information content (AvgIpc) is 3.45. The number of rotatable bonds is 8. The van der Waals surface area contributed by atoms with E-state index in [-0.39, 0.29) is 5.56 Å². The number of fused-ring (bicyclic) bond motifs is 1. The molecule has 5 rings (SSSR count). The second-order valence-corrected chi connectivity index (χ2v) is 8.88. The summed E-state index contributed by atoms with van der Waals surface area (Å²) in [5.74, 6) is 2.52. The van der Waals surface area contributed by atoms with Crippen LogP contribution in [0, 0.1) is 0 Å². The second kappa shape index (κ2) is 10.5. The fourth-order valence-electron chi connectivity index (χ4n) is 3.60. The van der Waals surface area contributed by atoms with Gasteiger partial charge in [-0.3, -0.25) is 4.79 Å². The van der Waals surface area contributed by atoms with Gasteiger partial charge in [-0.1, -0.05) is 65.9 Å². The Bertz CT molecular complexity index is 1620. The number of benzene rings is 3. The van der Waals surface area contributed by atoms with E-state index >= 15 is 0 Å². The molecule has 5 aromatic rings. The molecule has 180 valence electrons. The third-order valence-corrected chi connectivity index (χ3v) is 6.42. The van der Waals surface area contributed by atoms with E-state index in [4.69, 9.17) is 14.2 Å². The van der Waals surface area contributed by atoms with Crippen molar-refractivity contribution in [3.8, 4) is 17.2 Å². The summed E-state index contributed by atoms with van der Waals surface area (Å²) in [6.07, 6.45) is 5.46. The molecule has 0 aliphatic heterocycles. The van der Waals surface area contributed by atoms with Gasteiger partial charge in [0.1, 0.15) is 12.4 Å². The third kappa shape index (κ3) is 5.13. The zero-order chi connectivity index (χ0) is 24.9. The minimum Gasteiger partial charge on any atom is -0.493 e. The Balaban J connectivity index is 1.31. The minimum atomic E-state index is -0.197. The van der Waals surface area contributed by atoms with Gasteiger partial charge in [0.2, 0.25) is 4.96 Å². The summed E-state index contributed by atoms with van der Waals surface area (Å²) < 4.78 is 18.3. The van der Waals surface area contributed by atoms with Crippen molar-refractivity contribution in [3.05, 3.63) is 110 Å². The van der Waals surface area contributed by atoms with Gasteiger partial charge in [0, 0.05) is 0 Å². The Morgan fingerprint density at radius 1 is 0.889 bits per heavy atom. The molecule has 0 spiro atoms. The summed E-state index contributed by atoms with van der Waals surface area (Å²) >= 11 is 1.30. The van der Waals surface area contributed by atoms with Gasteiger partial charge in [-0.25, -0.2) is 0 Å². The zero-order valence-electron chi connectivity index (χ0n) is 19.8. The summed E-state index contributed by atoms with van der Waals surface area (Å²) in [7, 11) is 3.19. The van der Waals surface area contributed by atoms with Crippen molar-refractivity contribution in [2.24, 2.45) is 0 Å². The predicted octanol–water partition coefficient (Wildman–Crippen LogP) is 4.47. The van der Waals surface area contributed by atoms with Crippen molar-refractivity contribution in [2.45, 2.75) is 6.61 Å². The molecule has 3 aromatic carbocycles. The first-order valence-corrected chi connectivity index (χ1v) is 12.0. The summed E-state index contributed by atoms with van der Waals surface area (Å²) in [5, 5.41) is 4.35. The van der Waals surface area contributed by atoms with Crippen molar-refractivity contribution >= 4 is 34.5 Å². The van der Waals surface area contributed by atoms with Crippen LogP contribution in [-0.4, -0.2) is 28.8 Å². The smallest absolute Gasteiger partial charge is 0.291 e. The van der Waals surface area contributed by atoms with E-state index in [9.17, 15) is 4.79 Å².